The van der Waals surface area contributed by atoms with Crippen molar-refractivity contribution in [1.29, 1.82) is 0 Å². The number of carbonyl (C=O) groups is 1. The van der Waals surface area contributed by atoms with Crippen molar-refractivity contribution in [3.8, 4) is 0 Å². The summed E-state index contributed by atoms with van der Waals surface area (Å²) in [6.45, 7) is 3.60. The molecule has 0 aromatic heterocycles. The van der Waals surface area contributed by atoms with Gasteiger partial charge in [0.25, 0.3) is 0 Å². The molecular formula is C7H12O3. The summed E-state index contributed by atoms with van der Waals surface area (Å²) in [5, 5.41) is 0. The van der Waals surface area contributed by atoms with Gasteiger partial charge >= 0.3 is 5.97 Å². The molecule has 0 radical (unpaired) electrons. The van der Waals surface area contributed by atoms with Crippen molar-refractivity contribution in [3.63, 3.8) is 0 Å². The molecule has 0 amide bonds. The van der Waals surface area contributed by atoms with Crippen LogP contribution in [0.4, 0.5) is 0 Å². The molecule has 1 aliphatic rings. The molecule has 58 valence electrons. The molecule has 0 saturated carbocycles. The van der Waals surface area contributed by atoms with E-state index in [1.165, 1.54) is 0 Å². The smallest absolute Gasteiger partial charge is 0.313 e. The zero-order valence-electron chi connectivity index (χ0n) is 6.13. The van der Waals surface area contributed by atoms with Crippen LogP contribution in [0.2, 0.25) is 0 Å². The molecule has 0 atom stereocenters. The van der Waals surface area contributed by atoms with E-state index < -0.39 is 0 Å². The van der Waals surface area contributed by atoms with Crippen LogP contribution in [-0.2, 0) is 14.3 Å². The van der Waals surface area contributed by atoms with E-state index in [1.54, 1.807) is 0 Å². The molecule has 0 aromatic carbocycles. The first-order valence-electron chi connectivity index (χ1n) is 3.59. The van der Waals surface area contributed by atoms with Crippen LogP contribution in [0.25, 0.3) is 0 Å². The van der Waals surface area contributed by atoms with Crippen LogP contribution in [0.1, 0.15) is 13.3 Å². The van der Waals surface area contributed by atoms with Gasteiger partial charge in [-0.1, -0.05) is 6.92 Å². The molecule has 1 saturated heterocycles. The lowest BCUT2D eigenvalue weighted by atomic mass is 10.1. The predicted molar refractivity (Wildman–Crippen MR) is 35.6 cm³/mol. The number of ether oxygens (including phenoxy) is 2. The summed E-state index contributed by atoms with van der Waals surface area (Å²) < 4.78 is 9.71. The molecule has 10 heavy (non-hydrogen) atoms. The van der Waals surface area contributed by atoms with Crippen molar-refractivity contribution < 1.29 is 14.3 Å². The third kappa shape index (κ3) is 1.70. The Morgan fingerprint density at radius 1 is 1.70 bits per heavy atom. The van der Waals surface area contributed by atoms with Gasteiger partial charge in [-0.2, -0.15) is 0 Å². The van der Waals surface area contributed by atoms with Crippen LogP contribution in [0.3, 0.4) is 0 Å². The van der Waals surface area contributed by atoms with Gasteiger partial charge in [0.2, 0.25) is 0 Å². The number of rotatable bonds is 3. The van der Waals surface area contributed by atoms with E-state index in [4.69, 9.17) is 9.47 Å². The van der Waals surface area contributed by atoms with Gasteiger partial charge < -0.3 is 9.47 Å². The van der Waals surface area contributed by atoms with Gasteiger partial charge in [-0.15, -0.1) is 0 Å². The average Bonchev–Trinajstić information content (AvgIpc) is 1.79. The first kappa shape index (κ1) is 7.54. The van der Waals surface area contributed by atoms with Crippen LogP contribution in [0, 0.1) is 5.92 Å². The summed E-state index contributed by atoms with van der Waals surface area (Å²) in [5.74, 6) is -0.0837. The molecule has 1 aliphatic heterocycles. The molecule has 3 heteroatoms. The largest absolute Gasteiger partial charge is 0.465 e. The molecule has 0 N–H and O–H groups in total. The van der Waals surface area contributed by atoms with Gasteiger partial charge in [0, 0.05) is 0 Å². The van der Waals surface area contributed by atoms with Gasteiger partial charge in [-0.25, -0.2) is 0 Å². The van der Waals surface area contributed by atoms with Crippen molar-refractivity contribution in [2.45, 2.75) is 13.3 Å². The summed E-state index contributed by atoms with van der Waals surface area (Å²) >= 11 is 0. The lowest BCUT2D eigenvalue weighted by Gasteiger charge is -2.23. The maximum atomic E-state index is 10.9. The van der Waals surface area contributed by atoms with Crippen LogP contribution in [0.5, 0.6) is 0 Å². The van der Waals surface area contributed by atoms with E-state index >= 15 is 0 Å². The van der Waals surface area contributed by atoms with E-state index in [0.29, 0.717) is 19.8 Å². The number of hydrogen-bond donors (Lipinski definition) is 0. The van der Waals surface area contributed by atoms with Crippen LogP contribution in [-0.4, -0.2) is 25.8 Å². The van der Waals surface area contributed by atoms with Crippen molar-refractivity contribution in [1.82, 2.24) is 0 Å². The molecule has 3 nitrogen and oxygen atoms in total. The Balaban J connectivity index is 2.08. The third-order valence-electron chi connectivity index (χ3n) is 1.42. The zero-order chi connectivity index (χ0) is 7.40. The Kier molecular flexibility index (Phi) is 2.68. The molecular weight excluding hydrogens is 132 g/mol. The second kappa shape index (κ2) is 3.56. The molecule has 0 spiro atoms. The number of carbonyl (C=O) groups excluding carboxylic acids is 1. The highest BCUT2D eigenvalue weighted by Crippen LogP contribution is 2.11. The first-order valence-corrected chi connectivity index (χ1v) is 3.59. The van der Waals surface area contributed by atoms with Crippen molar-refractivity contribution in [2.24, 2.45) is 5.92 Å². The normalized spacial score (nSPS) is 18.1. The SMILES string of the molecule is CCCOC(=O)C1COC1. The van der Waals surface area contributed by atoms with E-state index in [9.17, 15) is 4.79 Å². The fourth-order valence-corrected chi connectivity index (χ4v) is 0.692. The maximum absolute atomic E-state index is 10.9. The standard InChI is InChI=1S/C7H12O3/c1-2-3-10-7(8)6-4-9-5-6/h6H,2-5H2,1H3. The average molecular weight is 144 g/mol. The monoisotopic (exact) mass is 144 g/mol. The van der Waals surface area contributed by atoms with E-state index in [2.05, 4.69) is 0 Å². The molecule has 1 heterocycles. The van der Waals surface area contributed by atoms with Crippen molar-refractivity contribution in [2.75, 3.05) is 19.8 Å². The molecule has 0 aromatic rings. The van der Waals surface area contributed by atoms with Gasteiger partial charge in [0.1, 0.15) is 5.92 Å². The fraction of sp³-hybridized carbons (Fsp3) is 0.857. The minimum Gasteiger partial charge on any atom is -0.465 e. The van der Waals surface area contributed by atoms with Gasteiger partial charge in [-0.05, 0) is 6.42 Å². The second-order valence-electron chi connectivity index (χ2n) is 2.40. The van der Waals surface area contributed by atoms with Crippen LogP contribution < -0.4 is 0 Å². The Hall–Kier alpha value is -0.570. The van der Waals surface area contributed by atoms with Crippen LogP contribution >= 0.6 is 0 Å². The minimum atomic E-state index is -0.104. The zero-order valence-corrected chi connectivity index (χ0v) is 6.13. The van der Waals surface area contributed by atoms with E-state index in [0.717, 1.165) is 6.42 Å². The molecule has 0 aliphatic carbocycles. The summed E-state index contributed by atoms with van der Waals surface area (Å²) in [7, 11) is 0. The highest BCUT2D eigenvalue weighted by molar-refractivity contribution is 5.73. The second-order valence-corrected chi connectivity index (χ2v) is 2.40. The quantitative estimate of drug-likeness (QED) is 0.544. The van der Waals surface area contributed by atoms with Crippen molar-refractivity contribution in [3.05, 3.63) is 0 Å². The molecule has 1 rings (SSSR count). The Labute approximate surface area is 60.3 Å². The third-order valence-corrected chi connectivity index (χ3v) is 1.42. The number of esters is 1. The Bertz CT molecular complexity index is 118. The Morgan fingerprint density at radius 2 is 2.40 bits per heavy atom. The fourth-order valence-electron chi connectivity index (χ4n) is 0.692. The lowest BCUT2D eigenvalue weighted by Crippen LogP contribution is -2.36. The summed E-state index contributed by atoms with van der Waals surface area (Å²) in [6.07, 6.45) is 0.888. The summed E-state index contributed by atoms with van der Waals surface area (Å²) in [4.78, 5) is 10.9. The summed E-state index contributed by atoms with van der Waals surface area (Å²) in [6, 6.07) is 0. The highest BCUT2D eigenvalue weighted by Gasteiger charge is 2.27. The maximum Gasteiger partial charge on any atom is 0.313 e. The Morgan fingerprint density at radius 3 is 2.80 bits per heavy atom. The van der Waals surface area contributed by atoms with Gasteiger partial charge in [0.05, 0.1) is 19.8 Å². The summed E-state index contributed by atoms with van der Waals surface area (Å²) in [5.41, 5.74) is 0. The van der Waals surface area contributed by atoms with Gasteiger partial charge in [-0.3, -0.25) is 4.79 Å². The van der Waals surface area contributed by atoms with E-state index in [-0.39, 0.29) is 11.9 Å². The van der Waals surface area contributed by atoms with Crippen LogP contribution in [0.15, 0.2) is 0 Å². The van der Waals surface area contributed by atoms with E-state index in [1.807, 2.05) is 6.92 Å². The van der Waals surface area contributed by atoms with Gasteiger partial charge in [0.15, 0.2) is 0 Å². The minimum absolute atomic E-state index is 0.0200. The lowest BCUT2D eigenvalue weighted by molar-refractivity contribution is -0.163. The van der Waals surface area contributed by atoms with Crippen molar-refractivity contribution >= 4 is 5.97 Å². The molecule has 1 fully saturated rings. The molecule has 0 bridgehead atoms. The highest BCUT2D eigenvalue weighted by atomic mass is 16.5. The number of hydrogen-bond acceptors (Lipinski definition) is 3. The predicted octanol–water partition coefficient (Wildman–Crippen LogP) is 0.586. The molecule has 0 unspecified atom stereocenters. The first-order chi connectivity index (χ1) is 4.84. The topological polar surface area (TPSA) is 35.5 Å².